The highest BCUT2D eigenvalue weighted by Crippen LogP contribution is 2.25. The van der Waals surface area contributed by atoms with Gasteiger partial charge in [0.15, 0.2) is 0 Å². The van der Waals surface area contributed by atoms with Crippen LogP contribution >= 0.6 is 0 Å². The topological polar surface area (TPSA) is 55.5 Å². The molecule has 0 saturated heterocycles. The van der Waals surface area contributed by atoms with E-state index in [2.05, 4.69) is 0 Å². The van der Waals surface area contributed by atoms with Crippen molar-refractivity contribution >= 4 is 0 Å². The van der Waals surface area contributed by atoms with Gasteiger partial charge in [0.25, 0.3) is 0 Å². The van der Waals surface area contributed by atoms with Crippen LogP contribution in [-0.4, -0.2) is 18.8 Å². The molecule has 1 aromatic rings. The molecular formula is C10H15NO2. The molecule has 1 atom stereocenters. The third kappa shape index (κ3) is 2.20. The molecule has 3 nitrogen and oxygen atoms in total. The van der Waals surface area contributed by atoms with E-state index in [1.165, 1.54) is 0 Å². The van der Waals surface area contributed by atoms with Gasteiger partial charge in [-0.15, -0.1) is 0 Å². The lowest BCUT2D eigenvalue weighted by molar-refractivity contribution is 0.179. The van der Waals surface area contributed by atoms with E-state index in [1.807, 2.05) is 13.0 Å². The first-order valence-electron chi connectivity index (χ1n) is 4.19. The maximum atomic E-state index is 9.55. The number of rotatable bonds is 3. The van der Waals surface area contributed by atoms with Crippen molar-refractivity contribution in [3.05, 3.63) is 29.3 Å². The Morgan fingerprint density at radius 1 is 1.54 bits per heavy atom. The Morgan fingerprint density at radius 2 is 2.23 bits per heavy atom. The van der Waals surface area contributed by atoms with Gasteiger partial charge in [0.05, 0.1) is 12.6 Å². The summed E-state index contributed by atoms with van der Waals surface area (Å²) in [5, 5.41) is 9.55. The lowest BCUT2D eigenvalue weighted by atomic mass is 10.0. The van der Waals surface area contributed by atoms with Gasteiger partial charge in [-0.05, 0) is 18.6 Å². The summed E-state index contributed by atoms with van der Waals surface area (Å²) in [4.78, 5) is 0. The molecule has 0 spiro atoms. The lowest BCUT2D eigenvalue weighted by Gasteiger charge is -2.14. The van der Waals surface area contributed by atoms with Crippen molar-refractivity contribution in [3.8, 4) is 5.75 Å². The zero-order chi connectivity index (χ0) is 9.84. The summed E-state index contributed by atoms with van der Waals surface area (Å²) in [6, 6.07) is 5.10. The number of phenolic OH excluding ortho intramolecular Hbond substituents is 1. The van der Waals surface area contributed by atoms with Crippen LogP contribution in [0.3, 0.4) is 0 Å². The second-order valence-electron chi connectivity index (χ2n) is 3.07. The first kappa shape index (κ1) is 10.0. The number of nitrogens with two attached hydrogens (primary N) is 1. The van der Waals surface area contributed by atoms with Gasteiger partial charge in [0.2, 0.25) is 0 Å². The van der Waals surface area contributed by atoms with Gasteiger partial charge >= 0.3 is 0 Å². The van der Waals surface area contributed by atoms with Crippen molar-refractivity contribution in [1.29, 1.82) is 0 Å². The highest BCUT2D eigenvalue weighted by Gasteiger charge is 2.12. The number of hydrogen-bond donors (Lipinski definition) is 2. The number of aromatic hydroxyl groups is 1. The highest BCUT2D eigenvalue weighted by atomic mass is 16.5. The Labute approximate surface area is 78.1 Å². The van der Waals surface area contributed by atoms with E-state index >= 15 is 0 Å². The molecule has 1 rings (SSSR count). The SMILES string of the molecule is COC[C@@H](N)c1c(C)cccc1O. The number of aryl methyl sites for hydroxylation is 1. The molecule has 0 amide bonds. The Hall–Kier alpha value is -1.06. The summed E-state index contributed by atoms with van der Waals surface area (Å²) in [6.45, 7) is 2.34. The maximum absolute atomic E-state index is 9.55. The standard InChI is InChI=1S/C10H15NO2/c1-7-4-3-5-9(12)10(7)8(11)6-13-2/h3-5,8,12H,6,11H2,1-2H3/t8-/m1/s1. The minimum Gasteiger partial charge on any atom is -0.508 e. The van der Waals surface area contributed by atoms with Crippen molar-refractivity contribution in [3.63, 3.8) is 0 Å². The molecule has 0 aliphatic rings. The fourth-order valence-corrected chi connectivity index (χ4v) is 1.41. The van der Waals surface area contributed by atoms with Gasteiger partial charge in [0.1, 0.15) is 5.75 Å². The third-order valence-corrected chi connectivity index (χ3v) is 2.02. The molecule has 0 aromatic heterocycles. The van der Waals surface area contributed by atoms with E-state index in [1.54, 1.807) is 19.2 Å². The average molecular weight is 181 g/mol. The van der Waals surface area contributed by atoms with Gasteiger partial charge in [0, 0.05) is 12.7 Å². The van der Waals surface area contributed by atoms with E-state index in [-0.39, 0.29) is 11.8 Å². The molecule has 3 N–H and O–H groups in total. The van der Waals surface area contributed by atoms with Gasteiger partial charge < -0.3 is 15.6 Å². The largest absolute Gasteiger partial charge is 0.508 e. The molecule has 0 unspecified atom stereocenters. The molecule has 13 heavy (non-hydrogen) atoms. The van der Waals surface area contributed by atoms with E-state index < -0.39 is 0 Å². The monoisotopic (exact) mass is 181 g/mol. The zero-order valence-electron chi connectivity index (χ0n) is 7.95. The second-order valence-corrected chi connectivity index (χ2v) is 3.07. The molecule has 0 bridgehead atoms. The van der Waals surface area contributed by atoms with E-state index in [4.69, 9.17) is 10.5 Å². The minimum atomic E-state index is -0.258. The predicted molar refractivity (Wildman–Crippen MR) is 51.6 cm³/mol. The Morgan fingerprint density at radius 3 is 2.77 bits per heavy atom. The van der Waals surface area contributed by atoms with E-state index in [0.29, 0.717) is 6.61 Å². The van der Waals surface area contributed by atoms with Crippen LogP contribution in [0.25, 0.3) is 0 Å². The zero-order valence-corrected chi connectivity index (χ0v) is 7.95. The quantitative estimate of drug-likeness (QED) is 0.740. The maximum Gasteiger partial charge on any atom is 0.120 e. The van der Waals surface area contributed by atoms with Gasteiger partial charge in [-0.1, -0.05) is 12.1 Å². The number of benzene rings is 1. The van der Waals surface area contributed by atoms with Crippen LogP contribution in [0.15, 0.2) is 18.2 Å². The third-order valence-electron chi connectivity index (χ3n) is 2.02. The highest BCUT2D eigenvalue weighted by molar-refractivity contribution is 5.40. The molecule has 0 aliphatic heterocycles. The van der Waals surface area contributed by atoms with Crippen LogP contribution in [-0.2, 0) is 4.74 Å². The summed E-state index contributed by atoms with van der Waals surface area (Å²) in [5.74, 6) is 0.240. The van der Waals surface area contributed by atoms with Crippen molar-refractivity contribution in [2.24, 2.45) is 5.73 Å². The normalized spacial score (nSPS) is 12.8. The van der Waals surface area contributed by atoms with Crippen LogP contribution in [0.1, 0.15) is 17.2 Å². The Balaban J connectivity index is 2.98. The second kappa shape index (κ2) is 4.25. The lowest BCUT2D eigenvalue weighted by Crippen LogP contribution is -2.17. The minimum absolute atomic E-state index is 0.240. The van der Waals surface area contributed by atoms with Crippen LogP contribution in [0.5, 0.6) is 5.75 Å². The number of phenols is 1. The molecule has 0 saturated carbocycles. The fourth-order valence-electron chi connectivity index (χ4n) is 1.41. The number of methoxy groups -OCH3 is 1. The number of ether oxygens (including phenoxy) is 1. The summed E-state index contributed by atoms with van der Waals surface area (Å²) in [5.41, 5.74) is 7.58. The van der Waals surface area contributed by atoms with Gasteiger partial charge in [-0.25, -0.2) is 0 Å². The van der Waals surface area contributed by atoms with Crippen LogP contribution in [0, 0.1) is 6.92 Å². The first-order chi connectivity index (χ1) is 6.16. The molecule has 3 heteroatoms. The molecule has 0 radical (unpaired) electrons. The average Bonchev–Trinajstić information content (AvgIpc) is 2.04. The molecular weight excluding hydrogens is 166 g/mol. The summed E-state index contributed by atoms with van der Waals surface area (Å²) < 4.78 is 4.93. The summed E-state index contributed by atoms with van der Waals surface area (Å²) >= 11 is 0. The van der Waals surface area contributed by atoms with Crippen LogP contribution in [0.2, 0.25) is 0 Å². The van der Waals surface area contributed by atoms with Crippen molar-refractivity contribution in [2.75, 3.05) is 13.7 Å². The molecule has 1 aromatic carbocycles. The smallest absolute Gasteiger partial charge is 0.120 e. The van der Waals surface area contributed by atoms with Crippen molar-refractivity contribution < 1.29 is 9.84 Å². The van der Waals surface area contributed by atoms with E-state index in [0.717, 1.165) is 11.1 Å². The molecule has 0 heterocycles. The first-order valence-corrected chi connectivity index (χ1v) is 4.19. The van der Waals surface area contributed by atoms with Gasteiger partial charge in [-0.3, -0.25) is 0 Å². The van der Waals surface area contributed by atoms with E-state index in [9.17, 15) is 5.11 Å². The predicted octanol–water partition coefficient (Wildman–Crippen LogP) is 1.35. The molecule has 0 aliphatic carbocycles. The Kier molecular flexibility index (Phi) is 3.28. The summed E-state index contributed by atoms with van der Waals surface area (Å²) in [6.07, 6.45) is 0. The number of hydrogen-bond acceptors (Lipinski definition) is 3. The molecule has 0 fully saturated rings. The summed E-state index contributed by atoms with van der Waals surface area (Å²) in [7, 11) is 1.59. The van der Waals surface area contributed by atoms with Crippen LogP contribution in [0.4, 0.5) is 0 Å². The van der Waals surface area contributed by atoms with Crippen molar-refractivity contribution in [2.45, 2.75) is 13.0 Å². The Bertz CT molecular complexity index is 266. The fraction of sp³-hybridized carbons (Fsp3) is 0.400. The van der Waals surface area contributed by atoms with Gasteiger partial charge in [-0.2, -0.15) is 0 Å². The van der Waals surface area contributed by atoms with Crippen molar-refractivity contribution in [1.82, 2.24) is 0 Å². The molecule has 72 valence electrons. The van der Waals surface area contributed by atoms with Crippen LogP contribution < -0.4 is 5.73 Å².